The Kier molecular flexibility index (Phi) is 4.82. The van der Waals surface area contributed by atoms with Gasteiger partial charge in [0.2, 0.25) is 5.91 Å². The number of aryl methyl sites for hydroxylation is 1. The van der Waals surface area contributed by atoms with E-state index in [1.165, 1.54) is 10.9 Å². The number of halogens is 2. The lowest BCUT2D eigenvalue weighted by molar-refractivity contribution is -0.116. The molecule has 1 aromatic heterocycles. The molecular formula is C17H13Br2N3O2. The van der Waals surface area contributed by atoms with Gasteiger partial charge in [0.25, 0.3) is 5.56 Å². The molecule has 3 rings (SSSR count). The summed E-state index contributed by atoms with van der Waals surface area (Å²) in [6.45, 7) is 1.80. The minimum Gasteiger partial charge on any atom is -0.324 e. The number of benzene rings is 2. The zero-order valence-corrected chi connectivity index (χ0v) is 15.9. The van der Waals surface area contributed by atoms with Gasteiger partial charge in [0.15, 0.2) is 0 Å². The lowest BCUT2D eigenvalue weighted by atomic mass is 10.1. The van der Waals surface area contributed by atoms with Gasteiger partial charge in [-0.15, -0.1) is 0 Å². The predicted molar refractivity (Wildman–Crippen MR) is 101 cm³/mol. The van der Waals surface area contributed by atoms with Crippen molar-refractivity contribution in [2.45, 2.75) is 13.5 Å². The largest absolute Gasteiger partial charge is 0.324 e. The lowest BCUT2D eigenvalue weighted by Gasteiger charge is -2.10. The Balaban J connectivity index is 1.86. The molecule has 0 spiro atoms. The molecule has 1 N–H and O–H groups in total. The molecule has 0 aliphatic carbocycles. The van der Waals surface area contributed by atoms with Gasteiger partial charge >= 0.3 is 0 Å². The van der Waals surface area contributed by atoms with Crippen molar-refractivity contribution >= 4 is 54.4 Å². The molecule has 2 aromatic carbocycles. The van der Waals surface area contributed by atoms with Crippen LogP contribution in [0.25, 0.3) is 10.9 Å². The monoisotopic (exact) mass is 449 g/mol. The topological polar surface area (TPSA) is 64.0 Å². The van der Waals surface area contributed by atoms with Gasteiger partial charge in [-0.05, 0) is 52.7 Å². The van der Waals surface area contributed by atoms with Crippen LogP contribution in [0.2, 0.25) is 0 Å². The number of hydrogen-bond donors (Lipinski definition) is 1. The van der Waals surface area contributed by atoms with Crippen molar-refractivity contribution < 1.29 is 4.79 Å². The highest BCUT2D eigenvalue weighted by atomic mass is 79.9. The van der Waals surface area contributed by atoms with Crippen LogP contribution in [0.5, 0.6) is 0 Å². The van der Waals surface area contributed by atoms with Crippen LogP contribution in [-0.2, 0) is 11.3 Å². The standard InChI is InChI=1S/C17H13Br2N3O2/c1-10-3-2-4-12-16(10)20-9-22(17(12)24)8-15(23)21-14-6-5-11(18)7-13(14)19/h2-7,9H,8H2,1H3,(H,21,23). The fourth-order valence-corrected chi connectivity index (χ4v) is 3.53. The van der Waals surface area contributed by atoms with Crippen molar-refractivity contribution in [3.8, 4) is 0 Å². The Labute approximate surface area is 155 Å². The van der Waals surface area contributed by atoms with Crippen LogP contribution >= 0.6 is 31.9 Å². The summed E-state index contributed by atoms with van der Waals surface area (Å²) in [5, 5.41) is 3.29. The summed E-state index contributed by atoms with van der Waals surface area (Å²) in [5.41, 5.74) is 2.00. The van der Waals surface area contributed by atoms with Gasteiger partial charge in [-0.1, -0.05) is 28.1 Å². The number of nitrogens with zero attached hydrogens (tertiary/aromatic N) is 2. The van der Waals surface area contributed by atoms with Crippen molar-refractivity contribution in [1.29, 1.82) is 0 Å². The Morgan fingerprint density at radius 2 is 2.04 bits per heavy atom. The summed E-state index contributed by atoms with van der Waals surface area (Å²) in [7, 11) is 0. The predicted octanol–water partition coefficient (Wildman–Crippen LogP) is 3.87. The zero-order chi connectivity index (χ0) is 17.3. The van der Waals surface area contributed by atoms with E-state index >= 15 is 0 Å². The molecule has 0 saturated carbocycles. The van der Waals surface area contributed by atoms with Gasteiger partial charge in [-0.3, -0.25) is 14.2 Å². The van der Waals surface area contributed by atoms with Gasteiger partial charge in [-0.25, -0.2) is 4.98 Å². The summed E-state index contributed by atoms with van der Waals surface area (Å²) in [5.74, 6) is -0.297. The first-order chi connectivity index (χ1) is 11.5. The maximum atomic E-state index is 12.5. The van der Waals surface area contributed by atoms with E-state index in [0.29, 0.717) is 16.6 Å². The number of nitrogens with one attached hydrogen (secondary N) is 1. The highest BCUT2D eigenvalue weighted by Crippen LogP contribution is 2.26. The number of rotatable bonds is 3. The molecule has 0 atom stereocenters. The van der Waals surface area contributed by atoms with Crippen LogP contribution in [0.15, 0.2) is 56.5 Å². The summed E-state index contributed by atoms with van der Waals surface area (Å²) in [6.07, 6.45) is 1.41. The van der Waals surface area contributed by atoms with Gasteiger partial charge in [0, 0.05) is 8.95 Å². The van der Waals surface area contributed by atoms with E-state index in [4.69, 9.17) is 0 Å². The molecule has 24 heavy (non-hydrogen) atoms. The molecule has 122 valence electrons. The average molecular weight is 451 g/mol. The molecule has 5 nitrogen and oxygen atoms in total. The zero-order valence-electron chi connectivity index (χ0n) is 12.7. The third kappa shape index (κ3) is 3.42. The molecule has 0 bridgehead atoms. The van der Waals surface area contributed by atoms with Crippen LogP contribution in [-0.4, -0.2) is 15.5 Å². The van der Waals surface area contributed by atoms with Crippen LogP contribution in [0.3, 0.4) is 0 Å². The summed E-state index contributed by atoms with van der Waals surface area (Å²) < 4.78 is 2.96. The Morgan fingerprint density at radius 3 is 2.79 bits per heavy atom. The number of fused-ring (bicyclic) bond motifs is 1. The van der Waals surface area contributed by atoms with E-state index in [9.17, 15) is 9.59 Å². The van der Waals surface area contributed by atoms with Gasteiger partial charge in [0.1, 0.15) is 6.54 Å². The fourth-order valence-electron chi connectivity index (χ4n) is 2.39. The highest BCUT2D eigenvalue weighted by Gasteiger charge is 2.10. The Hall–Kier alpha value is -1.99. The summed E-state index contributed by atoms with van der Waals surface area (Å²) >= 11 is 6.75. The van der Waals surface area contributed by atoms with Crippen molar-refractivity contribution in [2.24, 2.45) is 0 Å². The molecule has 0 aliphatic rings. The Morgan fingerprint density at radius 1 is 1.25 bits per heavy atom. The number of hydrogen-bond acceptors (Lipinski definition) is 3. The molecule has 0 radical (unpaired) electrons. The lowest BCUT2D eigenvalue weighted by Crippen LogP contribution is -2.28. The van der Waals surface area contributed by atoms with Crippen LogP contribution in [0.4, 0.5) is 5.69 Å². The van der Waals surface area contributed by atoms with E-state index in [0.717, 1.165) is 14.5 Å². The first-order valence-electron chi connectivity index (χ1n) is 7.15. The number of amides is 1. The quantitative estimate of drug-likeness (QED) is 0.658. The number of para-hydroxylation sites is 1. The van der Waals surface area contributed by atoms with E-state index in [1.807, 2.05) is 31.2 Å². The van der Waals surface area contributed by atoms with Crippen molar-refractivity contribution in [3.63, 3.8) is 0 Å². The summed E-state index contributed by atoms with van der Waals surface area (Å²) in [4.78, 5) is 29.0. The van der Waals surface area contributed by atoms with Crippen LogP contribution in [0, 0.1) is 6.92 Å². The first kappa shape index (κ1) is 16.9. The second-order valence-electron chi connectivity index (χ2n) is 5.32. The van der Waals surface area contributed by atoms with Gasteiger partial charge in [0.05, 0.1) is 22.9 Å². The fraction of sp³-hybridized carbons (Fsp3) is 0.118. The van der Waals surface area contributed by atoms with Crippen molar-refractivity contribution in [1.82, 2.24) is 9.55 Å². The first-order valence-corrected chi connectivity index (χ1v) is 8.74. The minimum atomic E-state index is -0.297. The van der Waals surface area contributed by atoms with E-state index < -0.39 is 0 Å². The maximum absolute atomic E-state index is 12.5. The molecule has 0 fully saturated rings. The van der Waals surface area contributed by atoms with Crippen molar-refractivity contribution in [3.05, 3.63) is 67.6 Å². The normalized spacial score (nSPS) is 10.8. The second-order valence-corrected chi connectivity index (χ2v) is 7.09. The van der Waals surface area contributed by atoms with Crippen LogP contribution < -0.4 is 10.9 Å². The molecule has 0 unspecified atom stereocenters. The smallest absolute Gasteiger partial charge is 0.261 e. The molecule has 0 saturated heterocycles. The van der Waals surface area contributed by atoms with E-state index in [1.54, 1.807) is 12.1 Å². The molecule has 1 amide bonds. The number of carbonyl (C=O) groups excluding carboxylic acids is 1. The van der Waals surface area contributed by atoms with E-state index in [2.05, 4.69) is 42.2 Å². The molecule has 0 aliphatic heterocycles. The maximum Gasteiger partial charge on any atom is 0.261 e. The third-order valence-electron chi connectivity index (χ3n) is 3.57. The van der Waals surface area contributed by atoms with Gasteiger partial charge in [-0.2, -0.15) is 0 Å². The molecule has 1 heterocycles. The number of anilines is 1. The minimum absolute atomic E-state index is 0.0990. The Bertz CT molecular complexity index is 999. The molecule has 7 heteroatoms. The molecular weight excluding hydrogens is 438 g/mol. The van der Waals surface area contributed by atoms with Crippen LogP contribution in [0.1, 0.15) is 5.56 Å². The van der Waals surface area contributed by atoms with Gasteiger partial charge < -0.3 is 5.32 Å². The summed E-state index contributed by atoms with van der Waals surface area (Å²) in [6, 6.07) is 10.9. The number of carbonyl (C=O) groups is 1. The van der Waals surface area contributed by atoms with Crippen molar-refractivity contribution in [2.75, 3.05) is 5.32 Å². The SMILES string of the molecule is Cc1cccc2c(=O)n(CC(=O)Nc3ccc(Br)cc3Br)cnc12. The van der Waals surface area contributed by atoms with E-state index in [-0.39, 0.29) is 18.0 Å². The molecule has 3 aromatic rings. The third-order valence-corrected chi connectivity index (χ3v) is 4.72. The average Bonchev–Trinajstić information content (AvgIpc) is 2.53. The number of aromatic nitrogens is 2. The second kappa shape index (κ2) is 6.86. The highest BCUT2D eigenvalue weighted by molar-refractivity contribution is 9.11.